The van der Waals surface area contributed by atoms with Crippen molar-refractivity contribution in [2.75, 3.05) is 14.2 Å². The van der Waals surface area contributed by atoms with Gasteiger partial charge in [0.1, 0.15) is 4.88 Å². The molecule has 5 nitrogen and oxygen atoms in total. The molecule has 3 rings (SSSR count). The van der Waals surface area contributed by atoms with E-state index in [1.165, 1.54) is 37.3 Å². The third kappa shape index (κ3) is 4.35. The standard InChI is InChI=1S/C21H19ClN2O3S/c1-13-4-6-15(7-5-13)16-8-9-28-20(16)21(25)24-23-12-14-10-17(22)19(27-3)18(11-14)26-2/h4-12H,1-3H3,(H,24,25)/b23-12-. The number of carbonyl (C=O) groups is 1. The van der Waals surface area contributed by atoms with Crippen LogP contribution in [0.2, 0.25) is 5.02 Å². The Morgan fingerprint density at radius 1 is 1.14 bits per heavy atom. The fraction of sp³-hybridized carbons (Fsp3) is 0.143. The number of thiophene rings is 1. The molecule has 0 saturated heterocycles. The van der Waals surface area contributed by atoms with E-state index in [-0.39, 0.29) is 5.91 Å². The van der Waals surface area contributed by atoms with Crippen LogP contribution in [0.25, 0.3) is 11.1 Å². The number of hydrogen-bond donors (Lipinski definition) is 1. The fourth-order valence-electron chi connectivity index (χ4n) is 2.67. The average molecular weight is 415 g/mol. The van der Waals surface area contributed by atoms with Crippen molar-refractivity contribution in [2.24, 2.45) is 5.10 Å². The highest BCUT2D eigenvalue weighted by Crippen LogP contribution is 2.35. The first-order chi connectivity index (χ1) is 13.5. The monoisotopic (exact) mass is 414 g/mol. The molecular formula is C21H19ClN2O3S. The van der Waals surface area contributed by atoms with E-state index < -0.39 is 0 Å². The number of benzene rings is 2. The number of carbonyl (C=O) groups excluding carboxylic acids is 1. The van der Waals surface area contributed by atoms with Gasteiger partial charge in [-0.05, 0) is 41.6 Å². The average Bonchev–Trinajstić information content (AvgIpc) is 3.18. The summed E-state index contributed by atoms with van der Waals surface area (Å²) in [6.45, 7) is 2.03. The largest absolute Gasteiger partial charge is 0.493 e. The predicted octanol–water partition coefficient (Wildman–Crippen LogP) is 5.16. The molecule has 0 atom stereocenters. The summed E-state index contributed by atoms with van der Waals surface area (Å²) >= 11 is 7.56. The number of hydrazone groups is 1. The number of methoxy groups -OCH3 is 2. The number of nitrogens with one attached hydrogen (secondary N) is 1. The molecule has 1 amide bonds. The first-order valence-electron chi connectivity index (χ1n) is 8.43. The van der Waals surface area contributed by atoms with Crippen molar-refractivity contribution in [1.82, 2.24) is 5.43 Å². The highest BCUT2D eigenvalue weighted by molar-refractivity contribution is 7.12. The lowest BCUT2D eigenvalue weighted by atomic mass is 10.1. The maximum absolute atomic E-state index is 12.6. The van der Waals surface area contributed by atoms with E-state index in [1.54, 1.807) is 12.1 Å². The van der Waals surface area contributed by atoms with Crippen molar-refractivity contribution >= 4 is 35.1 Å². The number of nitrogens with zero attached hydrogens (tertiary/aromatic N) is 1. The number of hydrogen-bond acceptors (Lipinski definition) is 5. The van der Waals surface area contributed by atoms with Gasteiger partial charge in [0.25, 0.3) is 5.91 Å². The van der Waals surface area contributed by atoms with Crippen molar-refractivity contribution in [3.05, 3.63) is 68.9 Å². The van der Waals surface area contributed by atoms with Crippen LogP contribution in [0.15, 0.2) is 52.9 Å². The van der Waals surface area contributed by atoms with Crippen molar-refractivity contribution in [3.63, 3.8) is 0 Å². The molecule has 0 fully saturated rings. The molecule has 1 heterocycles. The first kappa shape index (κ1) is 19.9. The maximum Gasteiger partial charge on any atom is 0.282 e. The van der Waals surface area contributed by atoms with Crippen LogP contribution in [-0.2, 0) is 0 Å². The van der Waals surface area contributed by atoms with Crippen LogP contribution in [0, 0.1) is 6.92 Å². The highest BCUT2D eigenvalue weighted by Gasteiger charge is 2.14. The summed E-state index contributed by atoms with van der Waals surface area (Å²) < 4.78 is 10.5. The van der Waals surface area contributed by atoms with E-state index >= 15 is 0 Å². The Kier molecular flexibility index (Phi) is 6.34. The molecule has 28 heavy (non-hydrogen) atoms. The van der Waals surface area contributed by atoms with E-state index in [1.807, 2.05) is 42.6 Å². The molecule has 0 aliphatic carbocycles. The van der Waals surface area contributed by atoms with Crippen LogP contribution in [0.3, 0.4) is 0 Å². The number of halogens is 1. The van der Waals surface area contributed by atoms with Gasteiger partial charge in [-0.1, -0.05) is 41.4 Å². The Balaban J connectivity index is 1.76. The van der Waals surface area contributed by atoms with E-state index in [9.17, 15) is 4.79 Å². The second kappa shape index (κ2) is 8.91. The minimum absolute atomic E-state index is 0.270. The summed E-state index contributed by atoms with van der Waals surface area (Å²) in [6, 6.07) is 13.4. The Bertz CT molecular complexity index is 1010. The number of aryl methyl sites for hydroxylation is 1. The van der Waals surface area contributed by atoms with Gasteiger partial charge in [0.05, 0.1) is 25.5 Å². The zero-order chi connectivity index (χ0) is 20.1. The topological polar surface area (TPSA) is 59.9 Å². The number of ether oxygens (including phenoxy) is 2. The van der Waals surface area contributed by atoms with Gasteiger partial charge < -0.3 is 9.47 Å². The van der Waals surface area contributed by atoms with Crippen LogP contribution in [0.4, 0.5) is 0 Å². The van der Waals surface area contributed by atoms with Gasteiger partial charge in [-0.25, -0.2) is 5.43 Å². The van der Waals surface area contributed by atoms with Gasteiger partial charge in [0.15, 0.2) is 11.5 Å². The zero-order valence-corrected chi connectivity index (χ0v) is 17.2. The van der Waals surface area contributed by atoms with Gasteiger partial charge in [-0.15, -0.1) is 11.3 Å². The summed E-state index contributed by atoms with van der Waals surface area (Å²) in [5, 5.41) is 6.33. The summed E-state index contributed by atoms with van der Waals surface area (Å²) in [5.41, 5.74) is 6.28. The molecule has 0 spiro atoms. The van der Waals surface area contributed by atoms with Gasteiger partial charge >= 0.3 is 0 Å². The smallest absolute Gasteiger partial charge is 0.282 e. The lowest BCUT2D eigenvalue weighted by molar-refractivity contribution is 0.0960. The van der Waals surface area contributed by atoms with Crippen LogP contribution in [0.5, 0.6) is 11.5 Å². The summed E-state index contributed by atoms with van der Waals surface area (Å²) in [7, 11) is 3.05. The van der Waals surface area contributed by atoms with Gasteiger partial charge in [0, 0.05) is 5.56 Å². The second-order valence-corrected chi connectivity index (χ2v) is 7.29. The molecule has 1 aromatic heterocycles. The molecule has 0 radical (unpaired) electrons. The van der Waals surface area contributed by atoms with E-state index in [0.717, 1.165) is 11.1 Å². The normalized spacial score (nSPS) is 10.9. The first-order valence-corrected chi connectivity index (χ1v) is 9.68. The Hall–Kier alpha value is -2.83. The minimum atomic E-state index is -0.270. The molecule has 0 aliphatic heterocycles. The molecule has 0 aliphatic rings. The van der Waals surface area contributed by atoms with E-state index in [4.69, 9.17) is 21.1 Å². The maximum atomic E-state index is 12.6. The van der Waals surface area contributed by atoms with Gasteiger partial charge in [-0.3, -0.25) is 4.79 Å². The Morgan fingerprint density at radius 3 is 2.57 bits per heavy atom. The third-order valence-electron chi connectivity index (χ3n) is 4.07. The Labute approximate surface area is 172 Å². The molecule has 0 unspecified atom stereocenters. The van der Waals surface area contributed by atoms with Gasteiger partial charge in [-0.2, -0.15) is 5.10 Å². The Morgan fingerprint density at radius 2 is 1.89 bits per heavy atom. The van der Waals surface area contributed by atoms with E-state index in [2.05, 4.69) is 10.5 Å². The second-order valence-electron chi connectivity index (χ2n) is 5.97. The van der Waals surface area contributed by atoms with Crippen molar-refractivity contribution in [1.29, 1.82) is 0 Å². The summed E-state index contributed by atoms with van der Waals surface area (Å²) in [4.78, 5) is 13.2. The fourth-order valence-corrected chi connectivity index (χ4v) is 3.78. The highest BCUT2D eigenvalue weighted by atomic mass is 35.5. The van der Waals surface area contributed by atoms with E-state index in [0.29, 0.717) is 27.0 Å². The zero-order valence-electron chi connectivity index (χ0n) is 15.7. The summed E-state index contributed by atoms with van der Waals surface area (Å²) in [6.07, 6.45) is 1.50. The molecule has 2 aromatic carbocycles. The van der Waals surface area contributed by atoms with Crippen molar-refractivity contribution in [2.45, 2.75) is 6.92 Å². The van der Waals surface area contributed by atoms with Gasteiger partial charge in [0.2, 0.25) is 0 Å². The SMILES string of the molecule is COc1cc(/C=N\NC(=O)c2sccc2-c2ccc(C)cc2)cc(Cl)c1OC. The molecule has 1 N–H and O–H groups in total. The molecule has 0 saturated carbocycles. The lowest BCUT2D eigenvalue weighted by Gasteiger charge is -2.09. The minimum Gasteiger partial charge on any atom is -0.493 e. The molecule has 144 valence electrons. The molecule has 7 heteroatoms. The van der Waals surface area contributed by atoms with Crippen molar-refractivity contribution < 1.29 is 14.3 Å². The quantitative estimate of drug-likeness (QED) is 0.447. The predicted molar refractivity (Wildman–Crippen MR) is 114 cm³/mol. The lowest BCUT2D eigenvalue weighted by Crippen LogP contribution is -2.17. The van der Waals surface area contributed by atoms with Crippen molar-refractivity contribution in [3.8, 4) is 22.6 Å². The van der Waals surface area contributed by atoms with Crippen LogP contribution in [-0.4, -0.2) is 26.3 Å². The molecule has 0 bridgehead atoms. The van der Waals surface area contributed by atoms with Crippen LogP contribution in [0.1, 0.15) is 20.8 Å². The van der Waals surface area contributed by atoms with Crippen LogP contribution < -0.4 is 14.9 Å². The number of amides is 1. The molecular weight excluding hydrogens is 396 g/mol. The molecule has 3 aromatic rings. The number of rotatable bonds is 6. The van der Waals surface area contributed by atoms with Crippen LogP contribution >= 0.6 is 22.9 Å². The third-order valence-corrected chi connectivity index (χ3v) is 5.26. The summed E-state index contributed by atoms with van der Waals surface area (Å²) in [5.74, 6) is 0.669.